The minimum absolute atomic E-state index is 0.0273. The van der Waals surface area contributed by atoms with Crippen LogP contribution in [0.3, 0.4) is 0 Å². The number of fused-ring (bicyclic) bond motifs is 1. The van der Waals surface area contributed by atoms with Crippen LogP contribution in [0, 0.1) is 5.92 Å². The lowest BCUT2D eigenvalue weighted by atomic mass is 9.86. The highest BCUT2D eigenvalue weighted by molar-refractivity contribution is 5.85. The molecule has 178 valence electrons. The molecule has 1 fully saturated rings. The van der Waals surface area contributed by atoms with E-state index in [0.29, 0.717) is 12.0 Å². The van der Waals surface area contributed by atoms with Crippen molar-refractivity contribution in [3.63, 3.8) is 0 Å². The first-order chi connectivity index (χ1) is 16.8. The molecule has 1 saturated heterocycles. The van der Waals surface area contributed by atoms with Crippen molar-refractivity contribution in [2.24, 2.45) is 5.92 Å². The van der Waals surface area contributed by atoms with E-state index in [4.69, 9.17) is 0 Å². The van der Waals surface area contributed by atoms with Crippen LogP contribution in [-0.4, -0.2) is 50.6 Å². The quantitative estimate of drug-likeness (QED) is 0.291. The van der Waals surface area contributed by atoms with Crippen LogP contribution in [0.2, 0.25) is 0 Å². The summed E-state index contributed by atoms with van der Waals surface area (Å²) in [6.07, 6.45) is 11.2. The van der Waals surface area contributed by atoms with Crippen LogP contribution in [-0.2, 0) is 6.42 Å². The molecule has 34 heavy (non-hydrogen) atoms. The van der Waals surface area contributed by atoms with Gasteiger partial charge in [-0.1, -0.05) is 30.3 Å². The summed E-state index contributed by atoms with van der Waals surface area (Å²) in [6, 6.07) is 17.1. The summed E-state index contributed by atoms with van der Waals surface area (Å²) in [5.41, 5.74) is 4.73. The molecule has 0 amide bonds. The summed E-state index contributed by atoms with van der Waals surface area (Å²) in [6.45, 7) is 2.26. The Morgan fingerprint density at radius 3 is 2.62 bits per heavy atom. The number of nitrogens with one attached hydrogen (secondary N) is 3. The standard InChI is InChI=1S/C27H34N6O/c34-17-27(20-5-2-1-3-6-20)32-25(21-11-13-28-14-12-21)8-4-7-22-16-29-26-10-9-23(15-24(22)26)33-18-30-31-19-33/h1-3,5-6,9-10,15-16,18-19,21,25,27-29,32,34H,4,7-8,11-14,17H2/t25?,27-/m0/s1. The monoisotopic (exact) mass is 458 g/mol. The Bertz CT molecular complexity index is 1150. The second kappa shape index (κ2) is 11.0. The zero-order chi connectivity index (χ0) is 23.2. The maximum absolute atomic E-state index is 10.1. The molecule has 2 aromatic carbocycles. The fraction of sp³-hybridized carbons (Fsp3) is 0.407. The van der Waals surface area contributed by atoms with Crippen molar-refractivity contribution in [3.05, 3.63) is 78.5 Å². The summed E-state index contributed by atoms with van der Waals surface area (Å²) >= 11 is 0. The van der Waals surface area contributed by atoms with Gasteiger partial charge >= 0.3 is 0 Å². The molecule has 0 radical (unpaired) electrons. The maximum Gasteiger partial charge on any atom is 0.123 e. The van der Waals surface area contributed by atoms with Crippen LogP contribution in [0.4, 0.5) is 0 Å². The van der Waals surface area contributed by atoms with E-state index in [0.717, 1.165) is 49.1 Å². The molecule has 7 nitrogen and oxygen atoms in total. The lowest BCUT2D eigenvalue weighted by molar-refractivity contribution is 0.194. The Morgan fingerprint density at radius 2 is 1.85 bits per heavy atom. The van der Waals surface area contributed by atoms with Gasteiger partial charge in [-0.15, -0.1) is 10.2 Å². The molecule has 0 aliphatic carbocycles. The van der Waals surface area contributed by atoms with E-state index in [-0.39, 0.29) is 12.6 Å². The average Bonchev–Trinajstić information content (AvgIpc) is 3.57. The van der Waals surface area contributed by atoms with Gasteiger partial charge < -0.3 is 20.7 Å². The lowest BCUT2D eigenvalue weighted by Crippen LogP contribution is -2.44. The molecule has 0 saturated carbocycles. The van der Waals surface area contributed by atoms with E-state index < -0.39 is 0 Å². The van der Waals surface area contributed by atoms with Crippen molar-refractivity contribution in [2.75, 3.05) is 19.7 Å². The average molecular weight is 459 g/mol. The smallest absolute Gasteiger partial charge is 0.123 e. The van der Waals surface area contributed by atoms with Gasteiger partial charge in [0, 0.05) is 28.8 Å². The number of aryl methyl sites for hydroxylation is 1. The van der Waals surface area contributed by atoms with E-state index in [2.05, 4.69) is 62.3 Å². The van der Waals surface area contributed by atoms with Gasteiger partial charge in [-0.2, -0.15) is 0 Å². The number of rotatable bonds is 10. The highest BCUT2D eigenvalue weighted by atomic mass is 16.3. The first-order valence-corrected chi connectivity index (χ1v) is 12.4. The van der Waals surface area contributed by atoms with E-state index in [9.17, 15) is 5.11 Å². The van der Waals surface area contributed by atoms with E-state index in [1.807, 2.05) is 22.8 Å². The molecule has 0 spiro atoms. The molecule has 2 atom stereocenters. The molecule has 4 aromatic rings. The van der Waals surface area contributed by atoms with Crippen molar-refractivity contribution in [1.29, 1.82) is 0 Å². The van der Waals surface area contributed by atoms with E-state index in [1.54, 1.807) is 12.7 Å². The topological polar surface area (TPSA) is 90.8 Å². The third kappa shape index (κ3) is 5.22. The van der Waals surface area contributed by atoms with Gasteiger partial charge in [0.15, 0.2) is 0 Å². The van der Waals surface area contributed by atoms with Crippen LogP contribution in [0.5, 0.6) is 0 Å². The van der Waals surface area contributed by atoms with Gasteiger partial charge in [0.25, 0.3) is 0 Å². The minimum Gasteiger partial charge on any atom is -0.394 e. The predicted molar refractivity (Wildman–Crippen MR) is 135 cm³/mol. The van der Waals surface area contributed by atoms with Crippen LogP contribution >= 0.6 is 0 Å². The fourth-order valence-electron chi connectivity index (χ4n) is 5.28. The van der Waals surface area contributed by atoms with E-state index in [1.165, 1.54) is 23.8 Å². The predicted octanol–water partition coefficient (Wildman–Crippen LogP) is 3.76. The summed E-state index contributed by atoms with van der Waals surface area (Å²) in [4.78, 5) is 3.43. The molecule has 1 aliphatic heterocycles. The molecule has 5 rings (SSSR count). The van der Waals surface area contributed by atoms with Gasteiger partial charge in [0.1, 0.15) is 12.7 Å². The summed E-state index contributed by atoms with van der Waals surface area (Å²) in [5.74, 6) is 0.627. The van der Waals surface area contributed by atoms with Crippen molar-refractivity contribution >= 4 is 10.9 Å². The molecule has 3 heterocycles. The fourth-order valence-corrected chi connectivity index (χ4v) is 5.28. The van der Waals surface area contributed by atoms with Gasteiger partial charge in [-0.3, -0.25) is 4.57 Å². The number of aliphatic hydroxyl groups is 1. The number of aromatic amines is 1. The lowest BCUT2D eigenvalue weighted by Gasteiger charge is -2.34. The van der Waals surface area contributed by atoms with Crippen molar-refractivity contribution in [2.45, 2.75) is 44.2 Å². The molecular formula is C27H34N6O. The number of piperidine rings is 1. The van der Waals surface area contributed by atoms with Gasteiger partial charge in [-0.25, -0.2) is 0 Å². The highest BCUT2D eigenvalue weighted by Crippen LogP contribution is 2.27. The Labute approximate surface area is 200 Å². The first kappa shape index (κ1) is 22.8. The number of aromatic nitrogens is 4. The largest absolute Gasteiger partial charge is 0.394 e. The van der Waals surface area contributed by atoms with Gasteiger partial charge in [-0.05, 0) is 80.4 Å². The Hall–Kier alpha value is -3.00. The second-order valence-corrected chi connectivity index (χ2v) is 9.31. The molecular weight excluding hydrogens is 424 g/mol. The Morgan fingerprint density at radius 1 is 1.06 bits per heavy atom. The molecule has 7 heteroatoms. The second-order valence-electron chi connectivity index (χ2n) is 9.31. The van der Waals surface area contributed by atoms with Crippen LogP contribution in [0.25, 0.3) is 16.6 Å². The number of hydrogen-bond acceptors (Lipinski definition) is 5. The highest BCUT2D eigenvalue weighted by Gasteiger charge is 2.26. The number of benzene rings is 2. The molecule has 0 bridgehead atoms. The molecule has 1 unspecified atom stereocenters. The molecule has 2 aromatic heterocycles. The molecule has 4 N–H and O–H groups in total. The zero-order valence-corrected chi connectivity index (χ0v) is 19.5. The Kier molecular flexibility index (Phi) is 7.34. The van der Waals surface area contributed by atoms with Crippen LogP contribution < -0.4 is 10.6 Å². The number of H-pyrrole nitrogens is 1. The van der Waals surface area contributed by atoms with Crippen LogP contribution in [0.15, 0.2) is 67.4 Å². The van der Waals surface area contributed by atoms with Crippen molar-refractivity contribution in [3.8, 4) is 5.69 Å². The SMILES string of the molecule is OC[C@H](NC(CCCc1c[nH]c2ccc(-n3cnnc3)cc12)C1CCNCC1)c1ccccc1. The van der Waals surface area contributed by atoms with Gasteiger partial charge in [0.05, 0.1) is 12.6 Å². The number of hydrogen-bond donors (Lipinski definition) is 4. The third-order valence-electron chi connectivity index (χ3n) is 7.18. The van der Waals surface area contributed by atoms with Crippen molar-refractivity contribution in [1.82, 2.24) is 30.4 Å². The zero-order valence-electron chi connectivity index (χ0n) is 19.5. The minimum atomic E-state index is -0.0273. The maximum atomic E-state index is 10.1. The first-order valence-electron chi connectivity index (χ1n) is 12.4. The van der Waals surface area contributed by atoms with Gasteiger partial charge in [0.2, 0.25) is 0 Å². The summed E-state index contributed by atoms with van der Waals surface area (Å²) in [5, 5.41) is 26.6. The number of aliphatic hydroxyl groups excluding tert-OH is 1. The molecule has 1 aliphatic rings. The number of nitrogens with zero attached hydrogens (tertiary/aromatic N) is 3. The van der Waals surface area contributed by atoms with Crippen LogP contribution in [0.1, 0.15) is 42.9 Å². The van der Waals surface area contributed by atoms with Crippen molar-refractivity contribution < 1.29 is 5.11 Å². The normalized spacial score (nSPS) is 16.6. The van der Waals surface area contributed by atoms with E-state index >= 15 is 0 Å². The Balaban J connectivity index is 1.28. The summed E-state index contributed by atoms with van der Waals surface area (Å²) < 4.78 is 1.94. The summed E-state index contributed by atoms with van der Waals surface area (Å²) in [7, 11) is 0. The third-order valence-corrected chi connectivity index (χ3v) is 7.18.